The Morgan fingerprint density at radius 3 is 2.47 bits per heavy atom. The zero-order chi connectivity index (χ0) is 11.3. The first kappa shape index (κ1) is 11.2. The van der Waals surface area contributed by atoms with E-state index in [9.17, 15) is 4.79 Å². The number of hydrogen-bond acceptors (Lipinski definition) is 2. The molecule has 0 unspecified atom stereocenters. The predicted molar refractivity (Wildman–Crippen MR) is 60.6 cm³/mol. The molecule has 76 valence electrons. The normalized spacial score (nSPS) is 9.80. The minimum atomic E-state index is -0.0575. The Morgan fingerprint density at radius 1 is 1.20 bits per heavy atom. The summed E-state index contributed by atoms with van der Waals surface area (Å²) in [7, 11) is 0. The molecule has 0 saturated heterocycles. The fourth-order valence-electron chi connectivity index (χ4n) is 0.981. The molecule has 0 fully saturated rings. The molecule has 0 aliphatic carbocycles. The van der Waals surface area contributed by atoms with Crippen LogP contribution in [0.15, 0.2) is 29.3 Å². The van der Waals surface area contributed by atoms with Crippen LogP contribution < -0.4 is 0 Å². The minimum Gasteiger partial charge on any atom is -0.211 e. The van der Waals surface area contributed by atoms with Crippen LogP contribution in [0.1, 0.15) is 26.3 Å². The fraction of sp³-hybridized carbons (Fsp3) is 0.308. The van der Waals surface area contributed by atoms with E-state index in [1.165, 1.54) is 6.08 Å². The van der Waals surface area contributed by atoms with E-state index in [1.54, 1.807) is 6.07 Å². The summed E-state index contributed by atoms with van der Waals surface area (Å²) < 4.78 is 0. The van der Waals surface area contributed by atoms with E-state index >= 15 is 0 Å². The van der Waals surface area contributed by atoms with Crippen molar-refractivity contribution in [1.29, 1.82) is 0 Å². The van der Waals surface area contributed by atoms with Gasteiger partial charge in [0.15, 0.2) is 0 Å². The van der Waals surface area contributed by atoms with Gasteiger partial charge in [-0.15, -0.1) is 0 Å². The van der Waals surface area contributed by atoms with Gasteiger partial charge >= 0.3 is 0 Å². The van der Waals surface area contributed by atoms with Gasteiger partial charge in [-0.05, 0) is 32.9 Å². The van der Waals surface area contributed by atoms with Gasteiger partial charge in [0.1, 0.15) is 0 Å². The van der Waals surface area contributed by atoms with Crippen molar-refractivity contribution in [2.75, 3.05) is 0 Å². The SMILES string of the molecule is CC(C)(C)C#Cc1ccccc1N=C=O. The molecule has 0 atom stereocenters. The molecule has 0 N–H and O–H groups in total. The third-order valence-electron chi connectivity index (χ3n) is 1.64. The van der Waals surface area contributed by atoms with Gasteiger partial charge in [-0.1, -0.05) is 24.0 Å². The molecular formula is C13H13NO. The highest BCUT2D eigenvalue weighted by Crippen LogP contribution is 2.18. The summed E-state index contributed by atoms with van der Waals surface area (Å²) in [5.74, 6) is 6.11. The average Bonchev–Trinajstić information content (AvgIpc) is 2.16. The highest BCUT2D eigenvalue weighted by Gasteiger charge is 2.04. The van der Waals surface area contributed by atoms with Gasteiger partial charge in [0.05, 0.1) is 11.3 Å². The third-order valence-corrected chi connectivity index (χ3v) is 1.64. The van der Waals surface area contributed by atoms with Crippen LogP contribution in [0, 0.1) is 17.3 Å². The molecule has 0 aliphatic rings. The molecule has 0 aromatic heterocycles. The van der Waals surface area contributed by atoms with Crippen LogP contribution in [0.2, 0.25) is 0 Å². The van der Waals surface area contributed by atoms with Crippen LogP contribution in [0.25, 0.3) is 0 Å². The molecule has 0 radical (unpaired) electrons. The lowest BCUT2D eigenvalue weighted by Gasteiger charge is -2.06. The Balaban J connectivity index is 3.13. The molecule has 0 saturated carbocycles. The first-order valence-corrected chi connectivity index (χ1v) is 4.73. The lowest BCUT2D eigenvalue weighted by Crippen LogP contribution is -1.99. The van der Waals surface area contributed by atoms with Gasteiger partial charge in [-0.25, -0.2) is 4.79 Å². The number of carbonyl (C=O) groups excluding carboxylic acids is 1. The van der Waals surface area contributed by atoms with Crippen LogP contribution in [0.5, 0.6) is 0 Å². The summed E-state index contributed by atoms with van der Waals surface area (Å²) in [4.78, 5) is 13.8. The van der Waals surface area contributed by atoms with Gasteiger partial charge in [0, 0.05) is 5.41 Å². The fourth-order valence-corrected chi connectivity index (χ4v) is 0.981. The van der Waals surface area contributed by atoms with E-state index in [0.29, 0.717) is 5.69 Å². The van der Waals surface area contributed by atoms with Crippen LogP contribution in [-0.4, -0.2) is 6.08 Å². The molecule has 15 heavy (non-hydrogen) atoms. The molecule has 0 amide bonds. The van der Waals surface area contributed by atoms with Crippen molar-refractivity contribution in [3.05, 3.63) is 29.8 Å². The first-order chi connectivity index (χ1) is 7.03. The standard InChI is InChI=1S/C13H13NO/c1-13(2,3)9-8-11-6-4-5-7-12(11)14-10-15/h4-7H,1-3H3. The molecule has 0 heterocycles. The minimum absolute atomic E-state index is 0.0575. The lowest BCUT2D eigenvalue weighted by atomic mass is 9.97. The van der Waals surface area contributed by atoms with Crippen molar-refractivity contribution >= 4 is 11.8 Å². The zero-order valence-corrected chi connectivity index (χ0v) is 9.16. The predicted octanol–water partition coefficient (Wildman–Crippen LogP) is 3.05. The highest BCUT2D eigenvalue weighted by molar-refractivity contribution is 5.59. The molecule has 2 nitrogen and oxygen atoms in total. The Morgan fingerprint density at radius 2 is 1.87 bits per heavy atom. The zero-order valence-electron chi connectivity index (χ0n) is 9.16. The number of isocyanates is 1. The van der Waals surface area contributed by atoms with Gasteiger partial charge in [-0.2, -0.15) is 4.99 Å². The summed E-state index contributed by atoms with van der Waals surface area (Å²) in [6.45, 7) is 6.10. The van der Waals surface area contributed by atoms with Gasteiger partial charge in [-0.3, -0.25) is 0 Å². The monoisotopic (exact) mass is 199 g/mol. The Labute approximate surface area is 90.0 Å². The third kappa shape index (κ3) is 3.81. The van der Waals surface area contributed by atoms with Crippen molar-refractivity contribution in [2.45, 2.75) is 20.8 Å². The Kier molecular flexibility index (Phi) is 3.44. The Bertz CT molecular complexity index is 451. The second kappa shape index (κ2) is 4.59. The number of nitrogens with zero attached hydrogens (tertiary/aromatic N) is 1. The molecular weight excluding hydrogens is 186 g/mol. The van der Waals surface area contributed by atoms with E-state index < -0.39 is 0 Å². The summed E-state index contributed by atoms with van der Waals surface area (Å²) in [5, 5.41) is 0. The van der Waals surface area contributed by atoms with E-state index in [-0.39, 0.29) is 5.41 Å². The molecule has 0 bridgehead atoms. The number of aliphatic imine (C=N–C) groups is 1. The molecule has 0 spiro atoms. The van der Waals surface area contributed by atoms with Crippen LogP contribution in [0.3, 0.4) is 0 Å². The van der Waals surface area contributed by atoms with Gasteiger partial charge < -0.3 is 0 Å². The maximum Gasteiger partial charge on any atom is 0.240 e. The highest BCUT2D eigenvalue weighted by atomic mass is 16.1. The van der Waals surface area contributed by atoms with Crippen molar-refractivity contribution in [3.63, 3.8) is 0 Å². The van der Waals surface area contributed by atoms with Crippen molar-refractivity contribution in [2.24, 2.45) is 10.4 Å². The second-order valence-electron chi connectivity index (χ2n) is 4.22. The molecule has 1 rings (SSSR count). The van der Waals surface area contributed by atoms with Gasteiger partial charge in [0.25, 0.3) is 0 Å². The smallest absolute Gasteiger partial charge is 0.211 e. The van der Waals surface area contributed by atoms with Gasteiger partial charge in [0.2, 0.25) is 6.08 Å². The van der Waals surface area contributed by atoms with E-state index in [4.69, 9.17) is 0 Å². The van der Waals surface area contributed by atoms with Crippen LogP contribution in [-0.2, 0) is 4.79 Å². The second-order valence-corrected chi connectivity index (χ2v) is 4.22. The Hall–Kier alpha value is -1.84. The van der Waals surface area contributed by atoms with Crippen molar-refractivity contribution in [1.82, 2.24) is 0 Å². The lowest BCUT2D eigenvalue weighted by molar-refractivity contribution is 0.565. The van der Waals surface area contributed by atoms with Crippen LogP contribution >= 0.6 is 0 Å². The number of rotatable bonds is 1. The van der Waals surface area contributed by atoms with E-state index in [0.717, 1.165) is 5.56 Å². The quantitative estimate of drug-likeness (QED) is 0.388. The maximum atomic E-state index is 10.2. The number of hydrogen-bond donors (Lipinski definition) is 0. The van der Waals surface area contributed by atoms with Crippen LogP contribution in [0.4, 0.5) is 5.69 Å². The molecule has 1 aromatic carbocycles. The largest absolute Gasteiger partial charge is 0.240 e. The summed E-state index contributed by atoms with van der Waals surface area (Å²) in [5.41, 5.74) is 1.28. The summed E-state index contributed by atoms with van der Waals surface area (Å²) in [6.07, 6.45) is 1.53. The molecule has 0 aliphatic heterocycles. The summed E-state index contributed by atoms with van der Waals surface area (Å²) >= 11 is 0. The first-order valence-electron chi connectivity index (χ1n) is 4.73. The molecule has 2 heteroatoms. The van der Waals surface area contributed by atoms with E-state index in [1.807, 2.05) is 39.0 Å². The van der Waals surface area contributed by atoms with Crippen molar-refractivity contribution < 1.29 is 4.79 Å². The number of benzene rings is 1. The topological polar surface area (TPSA) is 29.4 Å². The van der Waals surface area contributed by atoms with Crippen molar-refractivity contribution in [3.8, 4) is 11.8 Å². The maximum absolute atomic E-state index is 10.2. The van der Waals surface area contributed by atoms with E-state index in [2.05, 4.69) is 16.8 Å². The summed E-state index contributed by atoms with van der Waals surface area (Å²) in [6, 6.07) is 7.28. The average molecular weight is 199 g/mol. The number of para-hydroxylation sites is 1. The molecule has 1 aromatic rings.